The Morgan fingerprint density at radius 3 is 2.41 bits per heavy atom. The lowest BCUT2D eigenvalue weighted by atomic mass is 9.87. The number of rotatable bonds is 4. The molecule has 1 atom stereocenters. The van der Waals surface area contributed by atoms with E-state index < -0.39 is 5.54 Å². The predicted octanol–water partition coefficient (Wildman–Crippen LogP) is 1.84. The zero-order chi connectivity index (χ0) is 23.0. The van der Waals surface area contributed by atoms with Crippen LogP contribution in [-0.4, -0.2) is 77.3 Å². The minimum absolute atomic E-state index is 0.107. The highest BCUT2D eigenvalue weighted by Crippen LogP contribution is 2.33. The molecule has 32 heavy (non-hydrogen) atoms. The van der Waals surface area contributed by atoms with Crippen molar-refractivity contribution in [2.24, 2.45) is 7.05 Å². The van der Waals surface area contributed by atoms with E-state index in [1.165, 1.54) is 4.90 Å². The Labute approximate surface area is 189 Å². The molecule has 0 aliphatic carbocycles. The van der Waals surface area contributed by atoms with E-state index in [0.29, 0.717) is 25.3 Å². The van der Waals surface area contributed by atoms with E-state index >= 15 is 0 Å². The number of piperazine rings is 1. The Bertz CT molecular complexity index is 1060. The maximum atomic E-state index is 13.5. The quantitative estimate of drug-likeness (QED) is 0.683. The molecule has 8 heteroatoms. The second-order valence-corrected chi connectivity index (χ2v) is 8.74. The Hall–Kier alpha value is -3.13. The molecule has 0 saturated carbocycles. The summed E-state index contributed by atoms with van der Waals surface area (Å²) < 4.78 is 7.33. The number of benzene rings is 1. The van der Waals surface area contributed by atoms with Crippen LogP contribution in [0.3, 0.4) is 0 Å². The van der Waals surface area contributed by atoms with Gasteiger partial charge in [-0.25, -0.2) is 0 Å². The predicted molar refractivity (Wildman–Crippen MR) is 123 cm³/mol. The second-order valence-electron chi connectivity index (χ2n) is 8.74. The normalized spacial score (nSPS) is 23.4. The lowest BCUT2D eigenvalue weighted by Crippen LogP contribution is -2.64. The van der Waals surface area contributed by atoms with Crippen LogP contribution in [0, 0.1) is 6.92 Å². The van der Waals surface area contributed by atoms with Crippen molar-refractivity contribution in [1.29, 1.82) is 0 Å². The number of nitrogens with zero attached hydrogens (tertiary/aromatic N) is 5. The maximum Gasteiger partial charge on any atom is 0.271 e. The summed E-state index contributed by atoms with van der Waals surface area (Å²) in [6.07, 6.45) is 2.27. The Balaban J connectivity index is 1.71. The molecule has 2 amide bonds. The number of carbonyl (C=O) groups is 2. The van der Waals surface area contributed by atoms with Gasteiger partial charge in [-0.05, 0) is 25.5 Å². The molecule has 0 bridgehead atoms. The van der Waals surface area contributed by atoms with Gasteiger partial charge in [0.2, 0.25) is 0 Å². The molecule has 1 unspecified atom stereocenters. The molecular weight excluding hydrogens is 406 g/mol. The molecule has 2 saturated heterocycles. The third-order valence-electron chi connectivity index (χ3n) is 6.61. The van der Waals surface area contributed by atoms with E-state index in [2.05, 4.69) is 10.00 Å². The van der Waals surface area contributed by atoms with Crippen LogP contribution in [0.5, 0.6) is 0 Å². The number of ether oxygens (including phenoxy) is 1. The number of morpholine rings is 1. The largest absolute Gasteiger partial charge is 0.378 e. The molecular formula is C24H31N5O3. The summed E-state index contributed by atoms with van der Waals surface area (Å²) in [5.41, 5.74) is 2.09. The summed E-state index contributed by atoms with van der Waals surface area (Å²) in [6, 6.07) is 9.80. The highest BCUT2D eigenvalue weighted by molar-refractivity contribution is 6.09. The van der Waals surface area contributed by atoms with Gasteiger partial charge in [0.05, 0.1) is 18.9 Å². The summed E-state index contributed by atoms with van der Waals surface area (Å²) in [5, 5.41) is 4.59. The summed E-state index contributed by atoms with van der Waals surface area (Å²) in [5.74, 6) is 0.651. The van der Waals surface area contributed by atoms with Crippen molar-refractivity contribution >= 4 is 23.7 Å². The van der Waals surface area contributed by atoms with E-state index in [4.69, 9.17) is 4.74 Å². The molecule has 1 aromatic heterocycles. The van der Waals surface area contributed by atoms with Crippen LogP contribution >= 0.6 is 0 Å². The van der Waals surface area contributed by atoms with E-state index in [-0.39, 0.29) is 11.8 Å². The van der Waals surface area contributed by atoms with Gasteiger partial charge in [-0.3, -0.25) is 14.3 Å². The molecule has 170 valence electrons. The van der Waals surface area contributed by atoms with Gasteiger partial charge in [-0.15, -0.1) is 0 Å². The lowest BCUT2D eigenvalue weighted by Gasteiger charge is -2.45. The van der Waals surface area contributed by atoms with Crippen molar-refractivity contribution in [2.45, 2.75) is 25.8 Å². The topological polar surface area (TPSA) is 70.9 Å². The molecule has 2 aliphatic heterocycles. The minimum Gasteiger partial charge on any atom is -0.378 e. The van der Waals surface area contributed by atoms with Crippen molar-refractivity contribution in [2.75, 3.05) is 45.3 Å². The number of aryl methyl sites for hydroxylation is 2. The second kappa shape index (κ2) is 8.43. The van der Waals surface area contributed by atoms with Gasteiger partial charge in [0, 0.05) is 46.2 Å². The van der Waals surface area contributed by atoms with Gasteiger partial charge in [0.15, 0.2) is 0 Å². The van der Waals surface area contributed by atoms with Crippen LogP contribution in [-0.2, 0) is 27.8 Å². The van der Waals surface area contributed by atoms with Crippen LogP contribution in [0.2, 0.25) is 0 Å². The molecule has 2 aliphatic rings. The molecule has 2 fully saturated rings. The van der Waals surface area contributed by atoms with Crippen molar-refractivity contribution in [3.63, 3.8) is 0 Å². The number of carbonyl (C=O) groups excluding carboxylic acids is 2. The maximum absolute atomic E-state index is 13.5. The molecule has 1 aromatic carbocycles. The standard InChI is InChI=1S/C24H31N5O3/c1-17-19(21(28(5)25-17)29-11-13-32-14-12-29)15-20-22(30)27(4)24(2,23(31)26(20)3)16-18-9-7-6-8-10-18/h6-10,15H,11-14,16H2,1-5H3/b20-15-. The Kier molecular flexibility index (Phi) is 5.81. The average Bonchev–Trinajstić information content (AvgIpc) is 3.08. The third kappa shape index (κ3) is 3.68. The first-order valence-corrected chi connectivity index (χ1v) is 10.9. The van der Waals surface area contributed by atoms with E-state index in [1.807, 2.05) is 62.0 Å². The number of amides is 2. The number of hydrogen-bond acceptors (Lipinski definition) is 5. The third-order valence-corrected chi connectivity index (χ3v) is 6.61. The Morgan fingerprint density at radius 1 is 1.09 bits per heavy atom. The first-order chi connectivity index (χ1) is 15.2. The first-order valence-electron chi connectivity index (χ1n) is 10.9. The molecule has 4 rings (SSSR count). The van der Waals surface area contributed by atoms with Gasteiger partial charge in [0.1, 0.15) is 17.1 Å². The molecule has 8 nitrogen and oxygen atoms in total. The zero-order valence-electron chi connectivity index (χ0n) is 19.5. The van der Waals surface area contributed by atoms with Gasteiger partial charge in [0.25, 0.3) is 11.8 Å². The van der Waals surface area contributed by atoms with Crippen molar-refractivity contribution < 1.29 is 14.3 Å². The number of anilines is 1. The highest BCUT2D eigenvalue weighted by Gasteiger charge is 2.48. The summed E-state index contributed by atoms with van der Waals surface area (Å²) in [4.78, 5) is 32.3. The fourth-order valence-electron chi connectivity index (χ4n) is 4.62. The number of likely N-dealkylation sites (N-methyl/N-ethyl adjacent to an activating group) is 2. The van der Waals surface area contributed by atoms with Crippen LogP contribution in [0.25, 0.3) is 6.08 Å². The zero-order valence-corrected chi connectivity index (χ0v) is 19.5. The number of aromatic nitrogens is 2. The van der Waals surface area contributed by atoms with E-state index in [1.54, 1.807) is 19.0 Å². The Morgan fingerprint density at radius 2 is 1.75 bits per heavy atom. The van der Waals surface area contributed by atoms with Crippen LogP contribution in [0.1, 0.15) is 23.7 Å². The molecule has 0 spiro atoms. The molecule has 0 radical (unpaired) electrons. The van der Waals surface area contributed by atoms with E-state index in [0.717, 1.165) is 35.7 Å². The SMILES string of the molecule is Cc1nn(C)c(N2CCOCC2)c1/C=C1/C(=O)N(C)C(C)(Cc2ccccc2)C(=O)N1C. The average molecular weight is 438 g/mol. The molecule has 3 heterocycles. The van der Waals surface area contributed by atoms with Crippen LogP contribution in [0.4, 0.5) is 5.82 Å². The fourth-order valence-corrected chi connectivity index (χ4v) is 4.62. The van der Waals surface area contributed by atoms with Gasteiger partial charge >= 0.3 is 0 Å². The van der Waals surface area contributed by atoms with Crippen molar-refractivity contribution in [3.8, 4) is 0 Å². The van der Waals surface area contributed by atoms with Crippen LogP contribution < -0.4 is 4.90 Å². The molecule has 2 aromatic rings. The summed E-state index contributed by atoms with van der Waals surface area (Å²) >= 11 is 0. The van der Waals surface area contributed by atoms with Gasteiger partial charge in [-0.1, -0.05) is 30.3 Å². The highest BCUT2D eigenvalue weighted by atomic mass is 16.5. The lowest BCUT2D eigenvalue weighted by molar-refractivity contribution is -0.155. The smallest absolute Gasteiger partial charge is 0.271 e. The number of hydrogen-bond donors (Lipinski definition) is 0. The molecule has 0 N–H and O–H groups in total. The fraction of sp³-hybridized carbons (Fsp3) is 0.458. The van der Waals surface area contributed by atoms with Gasteiger partial charge < -0.3 is 19.4 Å². The first kappa shape index (κ1) is 22.1. The minimum atomic E-state index is -0.957. The van der Waals surface area contributed by atoms with Gasteiger partial charge in [-0.2, -0.15) is 5.10 Å². The monoisotopic (exact) mass is 437 g/mol. The van der Waals surface area contributed by atoms with Crippen molar-refractivity contribution in [1.82, 2.24) is 19.6 Å². The van der Waals surface area contributed by atoms with E-state index in [9.17, 15) is 9.59 Å². The van der Waals surface area contributed by atoms with Crippen molar-refractivity contribution in [3.05, 3.63) is 52.8 Å². The van der Waals surface area contributed by atoms with Crippen LogP contribution in [0.15, 0.2) is 36.0 Å². The summed E-state index contributed by atoms with van der Waals surface area (Å²) in [6.45, 7) is 6.58. The summed E-state index contributed by atoms with van der Waals surface area (Å²) in [7, 11) is 5.30.